The van der Waals surface area contributed by atoms with Crippen LogP contribution in [0.4, 0.5) is 17.5 Å². The molecule has 2 aliphatic heterocycles. The highest BCUT2D eigenvalue weighted by Gasteiger charge is 2.43. The van der Waals surface area contributed by atoms with E-state index in [0.717, 1.165) is 10.8 Å². The highest BCUT2D eigenvalue weighted by Crippen LogP contribution is 2.50. The monoisotopic (exact) mass is 690 g/mol. The van der Waals surface area contributed by atoms with Crippen LogP contribution in [0, 0.1) is 11.3 Å². The van der Waals surface area contributed by atoms with Crippen molar-refractivity contribution in [2.75, 3.05) is 42.9 Å². The van der Waals surface area contributed by atoms with E-state index >= 15 is 0 Å². The number of nitrogens with one attached hydrogen (secondary N) is 2. The molecule has 1 fully saturated rings. The van der Waals surface area contributed by atoms with E-state index in [9.17, 15) is 9.36 Å². The predicted molar refractivity (Wildman–Crippen MR) is 187 cm³/mol. The number of hydrogen-bond acceptors (Lipinski definition) is 12. The van der Waals surface area contributed by atoms with E-state index in [1.165, 1.54) is 7.11 Å². The summed E-state index contributed by atoms with van der Waals surface area (Å²) in [5.74, 6) is 0.791. The minimum Gasteiger partial charge on any atom is -0.479 e. The predicted octanol–water partition coefficient (Wildman–Crippen LogP) is 6.29. The zero-order chi connectivity index (χ0) is 34.8. The number of nitrogens with zero attached hydrogens (tertiary/aromatic N) is 3. The minimum absolute atomic E-state index is 0.0410. The summed E-state index contributed by atoms with van der Waals surface area (Å²) in [6.45, 7) is 8.45. The lowest BCUT2D eigenvalue weighted by Gasteiger charge is -2.28. The number of ether oxygens (including phenoxy) is 3. The molecule has 3 aromatic carbocycles. The Hall–Kier alpha value is -4.42. The van der Waals surface area contributed by atoms with Gasteiger partial charge in [-0.1, -0.05) is 94.4 Å². The Bertz CT molecular complexity index is 1830. The zero-order valence-corrected chi connectivity index (χ0v) is 29.2. The van der Waals surface area contributed by atoms with E-state index in [4.69, 9.17) is 29.0 Å². The van der Waals surface area contributed by atoms with E-state index in [-0.39, 0.29) is 30.5 Å². The maximum absolute atomic E-state index is 14.9. The number of methoxy groups -OCH3 is 1. The SMILES string of the molecule is COc1nc(N)nc2c1NCN2C1OC(COP(=O)(N[C@H](C(=O)OCC(C)(C)C)c2ccccc2)Oc2cccc3ccccc23)CC1C. The normalized spacial score (nSPS) is 20.7. The number of carbonyl (C=O) groups excluding carboxylic acids is 1. The van der Waals surface area contributed by atoms with Crippen molar-refractivity contribution in [1.82, 2.24) is 15.1 Å². The molecule has 2 aliphatic rings. The first-order valence-electron chi connectivity index (χ1n) is 16.2. The van der Waals surface area contributed by atoms with Crippen LogP contribution >= 0.6 is 7.75 Å². The van der Waals surface area contributed by atoms with Crippen LogP contribution in [0.15, 0.2) is 72.8 Å². The molecular weight excluding hydrogens is 647 g/mol. The van der Waals surface area contributed by atoms with Gasteiger partial charge < -0.3 is 34.7 Å². The van der Waals surface area contributed by atoms with Crippen molar-refractivity contribution in [1.29, 1.82) is 0 Å². The quantitative estimate of drug-likeness (QED) is 0.113. The minimum atomic E-state index is -4.28. The van der Waals surface area contributed by atoms with Crippen LogP contribution in [0.5, 0.6) is 11.6 Å². The molecular formula is C35H43N6O7P. The third-order valence-corrected chi connectivity index (χ3v) is 9.73. The van der Waals surface area contributed by atoms with Gasteiger partial charge in [0.1, 0.15) is 23.7 Å². The molecule has 6 rings (SSSR count). The van der Waals surface area contributed by atoms with Gasteiger partial charge in [-0.25, -0.2) is 9.36 Å². The summed E-state index contributed by atoms with van der Waals surface area (Å²) in [7, 11) is -2.76. The van der Waals surface area contributed by atoms with Crippen molar-refractivity contribution in [3.8, 4) is 11.6 Å². The molecule has 1 aromatic heterocycles. The van der Waals surface area contributed by atoms with E-state index in [2.05, 4.69) is 27.3 Å². The number of esters is 1. The second kappa shape index (κ2) is 14.2. The van der Waals surface area contributed by atoms with Gasteiger partial charge in [0.05, 0.1) is 33.1 Å². The highest BCUT2D eigenvalue weighted by atomic mass is 31.2. The standard InChI is InChI=1S/C35H43N6O7P/c1-22-18-25(47-32(22)41-21-37-29-30(41)38-34(36)39-31(29)44-5)19-46-49(43,48-27-17-11-15-23-12-9-10-16-26(23)27)40-28(24-13-7-6-8-14-24)33(42)45-20-35(2,3)4/h6-17,22,25,28,32,37H,18-21H2,1-5H3,(H,40,43)(H2,36,38,39)/t22?,25?,28-,32?,49?/m0/s1. The summed E-state index contributed by atoms with van der Waals surface area (Å²) < 4.78 is 44.9. The van der Waals surface area contributed by atoms with Crippen LogP contribution in [-0.2, 0) is 23.4 Å². The molecule has 3 heterocycles. The van der Waals surface area contributed by atoms with Gasteiger partial charge in [0.15, 0.2) is 5.82 Å². The number of carbonyl (C=O) groups is 1. The first kappa shape index (κ1) is 34.4. The lowest BCUT2D eigenvalue weighted by molar-refractivity contribution is -0.148. The topological polar surface area (TPSA) is 159 Å². The summed E-state index contributed by atoms with van der Waals surface area (Å²) in [5, 5.41) is 7.85. The molecule has 5 atom stereocenters. The second-order valence-corrected chi connectivity index (χ2v) is 15.2. The molecule has 0 aliphatic carbocycles. The number of hydrogen-bond donors (Lipinski definition) is 3. The second-order valence-electron chi connectivity index (χ2n) is 13.5. The van der Waals surface area contributed by atoms with Crippen molar-refractivity contribution < 1.29 is 32.6 Å². The average Bonchev–Trinajstić information content (AvgIpc) is 3.67. The van der Waals surface area contributed by atoms with Gasteiger partial charge in [-0.3, -0.25) is 4.52 Å². The van der Waals surface area contributed by atoms with Crippen molar-refractivity contribution >= 4 is 41.9 Å². The van der Waals surface area contributed by atoms with Crippen molar-refractivity contribution in [3.05, 3.63) is 78.4 Å². The molecule has 49 heavy (non-hydrogen) atoms. The number of aromatic nitrogens is 2. The molecule has 4 N–H and O–H groups in total. The molecule has 0 spiro atoms. The van der Waals surface area contributed by atoms with Gasteiger partial charge in [0, 0.05) is 11.3 Å². The fraction of sp³-hybridized carbons (Fsp3) is 0.400. The van der Waals surface area contributed by atoms with E-state index in [0.29, 0.717) is 41.8 Å². The van der Waals surface area contributed by atoms with Gasteiger partial charge in [0.2, 0.25) is 11.8 Å². The molecule has 0 saturated carbocycles. The summed E-state index contributed by atoms with van der Waals surface area (Å²) in [6, 6.07) is 20.9. The fourth-order valence-corrected chi connectivity index (χ4v) is 7.46. The van der Waals surface area contributed by atoms with E-state index in [1.54, 1.807) is 30.3 Å². The maximum Gasteiger partial charge on any atom is 0.459 e. The Kier molecular flexibility index (Phi) is 9.99. The first-order valence-corrected chi connectivity index (χ1v) is 17.8. The molecule has 260 valence electrons. The summed E-state index contributed by atoms with van der Waals surface area (Å²) in [6.07, 6.45) is -0.255. The number of fused-ring (bicyclic) bond motifs is 2. The van der Waals surface area contributed by atoms with Crippen molar-refractivity contribution in [3.63, 3.8) is 0 Å². The maximum atomic E-state index is 14.9. The van der Waals surface area contributed by atoms with Crippen LogP contribution in [0.3, 0.4) is 0 Å². The van der Waals surface area contributed by atoms with Gasteiger partial charge in [0.25, 0.3) is 0 Å². The number of benzene rings is 3. The smallest absolute Gasteiger partial charge is 0.459 e. The average molecular weight is 691 g/mol. The van der Waals surface area contributed by atoms with Gasteiger partial charge >= 0.3 is 13.7 Å². The number of nitrogen functional groups attached to an aromatic ring is 1. The molecule has 0 radical (unpaired) electrons. The lowest BCUT2D eigenvalue weighted by atomic mass is 9.98. The Morgan fingerprint density at radius 3 is 2.59 bits per heavy atom. The first-order chi connectivity index (χ1) is 23.4. The largest absolute Gasteiger partial charge is 0.479 e. The van der Waals surface area contributed by atoms with Gasteiger partial charge in [-0.05, 0) is 28.9 Å². The Morgan fingerprint density at radius 1 is 1.10 bits per heavy atom. The van der Waals surface area contributed by atoms with Crippen molar-refractivity contribution in [2.45, 2.75) is 52.5 Å². The molecule has 4 unspecified atom stereocenters. The molecule has 14 heteroatoms. The Balaban J connectivity index is 1.26. The Morgan fingerprint density at radius 2 is 1.84 bits per heavy atom. The lowest BCUT2D eigenvalue weighted by Crippen LogP contribution is -2.39. The van der Waals surface area contributed by atoms with E-state index in [1.807, 2.05) is 68.1 Å². The van der Waals surface area contributed by atoms with Crippen molar-refractivity contribution in [2.24, 2.45) is 11.3 Å². The molecule has 1 saturated heterocycles. The third kappa shape index (κ3) is 7.91. The van der Waals surface area contributed by atoms with Gasteiger partial charge in [-0.15, -0.1) is 0 Å². The molecule has 0 bridgehead atoms. The third-order valence-electron chi connectivity index (χ3n) is 8.23. The molecule has 4 aromatic rings. The van der Waals surface area contributed by atoms with Crippen LogP contribution < -0.4 is 30.3 Å². The van der Waals surface area contributed by atoms with E-state index < -0.39 is 32.1 Å². The Labute approximate surface area is 286 Å². The van der Waals surface area contributed by atoms with Crippen LogP contribution in [0.2, 0.25) is 0 Å². The summed E-state index contributed by atoms with van der Waals surface area (Å²) in [5.41, 5.74) is 6.87. The fourth-order valence-electron chi connectivity index (χ4n) is 5.92. The number of nitrogens with two attached hydrogens (primary N) is 1. The van der Waals surface area contributed by atoms with Crippen LogP contribution in [0.1, 0.15) is 45.7 Å². The summed E-state index contributed by atoms with van der Waals surface area (Å²) in [4.78, 5) is 24.2. The van der Waals surface area contributed by atoms with Crippen LogP contribution in [-0.4, -0.2) is 55.3 Å². The highest BCUT2D eigenvalue weighted by molar-refractivity contribution is 7.52. The summed E-state index contributed by atoms with van der Waals surface area (Å²) >= 11 is 0. The molecule has 13 nitrogen and oxygen atoms in total. The van der Waals surface area contributed by atoms with Gasteiger partial charge in [-0.2, -0.15) is 15.1 Å². The zero-order valence-electron chi connectivity index (χ0n) is 28.3. The number of rotatable bonds is 12. The number of anilines is 3. The molecule has 0 amide bonds. The van der Waals surface area contributed by atoms with Crippen LogP contribution in [0.25, 0.3) is 10.8 Å².